The average molecular weight is 540 g/mol. The van der Waals surface area contributed by atoms with Crippen LogP contribution in [0.15, 0.2) is 42.5 Å². The number of halogens is 8. The Morgan fingerprint density at radius 1 is 0.973 bits per heavy atom. The summed E-state index contributed by atoms with van der Waals surface area (Å²) in [5.74, 6) is -1.47. The molecule has 1 unspecified atom stereocenters. The number of nitrogens with zero attached hydrogens (tertiary/aromatic N) is 4. The highest BCUT2D eigenvalue weighted by Gasteiger charge is 2.42. The Hall–Kier alpha value is -3.85. The molecule has 0 aliphatic carbocycles. The highest BCUT2D eigenvalue weighted by Crippen LogP contribution is 2.42. The molecule has 0 amide bonds. The van der Waals surface area contributed by atoms with Crippen molar-refractivity contribution in [1.82, 2.24) is 15.0 Å². The van der Waals surface area contributed by atoms with Gasteiger partial charge in [0.25, 0.3) is 0 Å². The van der Waals surface area contributed by atoms with Crippen LogP contribution in [0.3, 0.4) is 0 Å². The molecule has 1 atom stereocenters. The summed E-state index contributed by atoms with van der Waals surface area (Å²) in [6, 6.07) is 9.41. The van der Waals surface area contributed by atoms with Gasteiger partial charge in [0.15, 0.2) is 11.4 Å². The SMILES string of the molecule is N#Cc1ccc(C2c3[nH]c4cc(F)c(Cl)cc4c3CCN2c2nc(C(F)(F)F)cc(C(F)(F)F)n2)cc1. The van der Waals surface area contributed by atoms with E-state index in [0.29, 0.717) is 33.3 Å². The molecular formula is C24H13ClF7N5. The van der Waals surface area contributed by atoms with Gasteiger partial charge in [0.1, 0.15) is 5.82 Å². The predicted molar refractivity (Wildman–Crippen MR) is 119 cm³/mol. The van der Waals surface area contributed by atoms with E-state index in [1.807, 2.05) is 6.07 Å². The zero-order valence-electron chi connectivity index (χ0n) is 18.3. The third-order valence-electron chi connectivity index (χ3n) is 6.08. The molecule has 13 heteroatoms. The van der Waals surface area contributed by atoms with Gasteiger partial charge in [-0.3, -0.25) is 0 Å². The summed E-state index contributed by atoms with van der Waals surface area (Å²) in [5, 5.41) is 9.57. The number of aromatic nitrogens is 3. The molecule has 0 fully saturated rings. The van der Waals surface area contributed by atoms with E-state index in [-0.39, 0.29) is 24.1 Å². The molecule has 3 heterocycles. The lowest BCUT2D eigenvalue weighted by molar-refractivity contribution is -0.147. The van der Waals surface area contributed by atoms with Crippen molar-refractivity contribution in [1.29, 1.82) is 5.26 Å². The lowest BCUT2D eigenvalue weighted by atomic mass is 9.92. The van der Waals surface area contributed by atoms with Crippen LogP contribution in [0.5, 0.6) is 0 Å². The molecule has 0 bridgehead atoms. The standard InChI is InChI=1S/C24H13ClF7N5/c25-15-7-14-13-5-6-37(22-35-18(23(27,28)29)9-19(36-22)24(30,31)32)21(12-3-1-11(10-33)2-4-12)20(13)34-17(14)8-16(15)26/h1-4,7-9,21,34H,5-6H2. The summed E-state index contributed by atoms with van der Waals surface area (Å²) in [7, 11) is 0. The maximum atomic E-state index is 14.1. The third-order valence-corrected chi connectivity index (χ3v) is 6.37. The van der Waals surface area contributed by atoms with E-state index in [2.05, 4.69) is 15.0 Å². The number of nitriles is 1. The topological polar surface area (TPSA) is 68.6 Å². The van der Waals surface area contributed by atoms with E-state index in [0.717, 1.165) is 0 Å². The third kappa shape index (κ3) is 4.44. The Balaban J connectivity index is 1.74. The number of alkyl halides is 6. The Morgan fingerprint density at radius 2 is 1.59 bits per heavy atom. The minimum atomic E-state index is -5.15. The fourth-order valence-electron chi connectivity index (χ4n) is 4.44. The minimum absolute atomic E-state index is 0.0573. The van der Waals surface area contributed by atoms with Crippen LogP contribution in [-0.2, 0) is 18.8 Å². The smallest absolute Gasteiger partial charge is 0.356 e. The fourth-order valence-corrected chi connectivity index (χ4v) is 4.60. The van der Waals surface area contributed by atoms with E-state index in [1.54, 1.807) is 0 Å². The van der Waals surface area contributed by atoms with Gasteiger partial charge in [-0.25, -0.2) is 14.4 Å². The number of aromatic amines is 1. The van der Waals surface area contributed by atoms with Crippen LogP contribution in [-0.4, -0.2) is 21.5 Å². The molecule has 37 heavy (non-hydrogen) atoms. The van der Waals surface area contributed by atoms with Gasteiger partial charge in [-0.05, 0) is 47.9 Å². The number of hydrogen-bond acceptors (Lipinski definition) is 4. The largest absolute Gasteiger partial charge is 0.433 e. The van der Waals surface area contributed by atoms with Crippen LogP contribution in [0.1, 0.15) is 39.8 Å². The average Bonchev–Trinajstić information content (AvgIpc) is 3.19. The van der Waals surface area contributed by atoms with E-state index >= 15 is 0 Å². The molecule has 1 aliphatic heterocycles. The molecule has 0 spiro atoms. The Labute approximate surface area is 209 Å². The van der Waals surface area contributed by atoms with Crippen LogP contribution in [0.4, 0.5) is 36.7 Å². The molecule has 5 nitrogen and oxygen atoms in total. The van der Waals surface area contributed by atoms with Crippen molar-refractivity contribution in [3.05, 3.63) is 87.1 Å². The number of nitrogens with one attached hydrogen (secondary N) is 1. The molecule has 0 saturated carbocycles. The maximum absolute atomic E-state index is 14.1. The van der Waals surface area contributed by atoms with Gasteiger partial charge in [-0.2, -0.15) is 31.6 Å². The van der Waals surface area contributed by atoms with Crippen LogP contribution < -0.4 is 4.90 Å². The summed E-state index contributed by atoms with van der Waals surface area (Å²) < 4.78 is 95.1. The molecule has 2 aromatic carbocycles. The maximum Gasteiger partial charge on any atom is 0.433 e. The van der Waals surface area contributed by atoms with Crippen molar-refractivity contribution < 1.29 is 30.7 Å². The Morgan fingerprint density at radius 3 is 2.16 bits per heavy atom. The van der Waals surface area contributed by atoms with Gasteiger partial charge < -0.3 is 9.88 Å². The second kappa shape index (κ2) is 8.62. The first-order valence-corrected chi connectivity index (χ1v) is 11.0. The van der Waals surface area contributed by atoms with Crippen molar-refractivity contribution in [3.8, 4) is 6.07 Å². The number of anilines is 1. The first kappa shape index (κ1) is 24.8. The fraction of sp³-hybridized carbons (Fsp3) is 0.208. The second-order valence-corrected chi connectivity index (χ2v) is 8.75. The number of fused-ring (bicyclic) bond motifs is 3. The highest BCUT2D eigenvalue weighted by atomic mass is 35.5. The van der Waals surface area contributed by atoms with E-state index < -0.39 is 41.5 Å². The highest BCUT2D eigenvalue weighted by molar-refractivity contribution is 6.31. The molecule has 2 aromatic heterocycles. The van der Waals surface area contributed by atoms with Crippen LogP contribution in [0, 0.1) is 17.1 Å². The predicted octanol–water partition coefficient (Wildman–Crippen LogP) is 6.81. The molecule has 0 saturated heterocycles. The first-order chi connectivity index (χ1) is 17.4. The monoisotopic (exact) mass is 539 g/mol. The van der Waals surface area contributed by atoms with Crippen molar-refractivity contribution >= 4 is 28.5 Å². The van der Waals surface area contributed by atoms with Gasteiger partial charge in [0, 0.05) is 23.1 Å². The van der Waals surface area contributed by atoms with Crippen molar-refractivity contribution in [2.75, 3.05) is 11.4 Å². The second-order valence-electron chi connectivity index (χ2n) is 8.34. The van der Waals surface area contributed by atoms with Gasteiger partial charge in [0.05, 0.1) is 22.7 Å². The molecular weight excluding hydrogens is 527 g/mol. The van der Waals surface area contributed by atoms with Crippen molar-refractivity contribution in [2.45, 2.75) is 24.8 Å². The van der Waals surface area contributed by atoms with Crippen LogP contribution >= 0.6 is 11.6 Å². The van der Waals surface area contributed by atoms with Crippen LogP contribution in [0.25, 0.3) is 10.9 Å². The van der Waals surface area contributed by atoms with Crippen LogP contribution in [0.2, 0.25) is 5.02 Å². The van der Waals surface area contributed by atoms with E-state index in [1.165, 1.54) is 41.3 Å². The zero-order valence-corrected chi connectivity index (χ0v) is 19.1. The van der Waals surface area contributed by atoms with Gasteiger partial charge in [-0.15, -0.1) is 0 Å². The Bertz CT molecular complexity index is 1520. The van der Waals surface area contributed by atoms with E-state index in [9.17, 15) is 30.7 Å². The molecule has 5 rings (SSSR count). The van der Waals surface area contributed by atoms with Gasteiger partial charge in [0.2, 0.25) is 5.95 Å². The van der Waals surface area contributed by atoms with Crippen molar-refractivity contribution in [2.24, 2.45) is 0 Å². The normalized spacial score (nSPS) is 16.1. The lowest BCUT2D eigenvalue weighted by Gasteiger charge is -2.36. The first-order valence-electron chi connectivity index (χ1n) is 10.7. The molecule has 4 aromatic rings. The number of hydrogen-bond donors (Lipinski definition) is 1. The molecule has 1 N–H and O–H groups in total. The van der Waals surface area contributed by atoms with Crippen molar-refractivity contribution in [3.63, 3.8) is 0 Å². The Kier molecular flexibility index (Phi) is 5.79. The molecule has 1 aliphatic rings. The van der Waals surface area contributed by atoms with Gasteiger partial charge in [-0.1, -0.05) is 23.7 Å². The molecule has 190 valence electrons. The quantitative estimate of drug-likeness (QED) is 0.284. The number of H-pyrrole nitrogens is 1. The lowest BCUT2D eigenvalue weighted by Crippen LogP contribution is -2.38. The summed E-state index contributed by atoms with van der Waals surface area (Å²) in [6.45, 7) is -0.0573. The summed E-state index contributed by atoms with van der Waals surface area (Å²) >= 11 is 5.96. The summed E-state index contributed by atoms with van der Waals surface area (Å²) in [5.41, 5.74) is -1.31. The number of benzene rings is 2. The summed E-state index contributed by atoms with van der Waals surface area (Å²) in [6.07, 6.45) is -10.1. The molecule has 0 radical (unpaired) electrons. The zero-order chi connectivity index (χ0) is 26.7. The van der Waals surface area contributed by atoms with Gasteiger partial charge >= 0.3 is 12.4 Å². The number of rotatable bonds is 2. The minimum Gasteiger partial charge on any atom is -0.356 e. The summed E-state index contributed by atoms with van der Waals surface area (Å²) in [4.78, 5) is 11.2. The van der Waals surface area contributed by atoms with E-state index in [4.69, 9.17) is 16.9 Å².